The molecule has 0 aliphatic rings. The van der Waals surface area contributed by atoms with Crippen molar-refractivity contribution in [3.8, 4) is 11.5 Å². The lowest BCUT2D eigenvalue weighted by Crippen LogP contribution is -2.12. The molecule has 5 heteroatoms. The quantitative estimate of drug-likeness (QED) is 0.623. The van der Waals surface area contributed by atoms with Crippen molar-refractivity contribution in [1.82, 2.24) is 5.43 Å². The van der Waals surface area contributed by atoms with Crippen LogP contribution in [0.2, 0.25) is 0 Å². The Balaban J connectivity index is 2.81. The molecule has 0 spiro atoms. The first-order valence-corrected chi connectivity index (χ1v) is 5.27. The van der Waals surface area contributed by atoms with Crippen LogP contribution in [0.4, 0.5) is 0 Å². The predicted octanol–water partition coefficient (Wildman–Crippen LogP) is 1.56. The van der Waals surface area contributed by atoms with E-state index in [1.54, 1.807) is 25.5 Å². The maximum atomic E-state index is 10.6. The van der Waals surface area contributed by atoms with Crippen LogP contribution in [-0.2, 0) is 4.79 Å². The fraction of sp³-hybridized carbons (Fsp3) is 0.333. The largest absolute Gasteiger partial charge is 0.493 e. The van der Waals surface area contributed by atoms with Gasteiger partial charge in [0.2, 0.25) is 5.91 Å². The molecule has 0 saturated heterocycles. The van der Waals surface area contributed by atoms with E-state index in [4.69, 9.17) is 9.47 Å². The lowest BCUT2D eigenvalue weighted by atomic mass is 10.2. The number of ether oxygens (including phenoxy) is 2. The fourth-order valence-corrected chi connectivity index (χ4v) is 1.24. The van der Waals surface area contributed by atoms with Gasteiger partial charge in [-0.2, -0.15) is 5.10 Å². The lowest BCUT2D eigenvalue weighted by molar-refractivity contribution is -0.118. The number of methoxy groups -OCH3 is 1. The zero-order chi connectivity index (χ0) is 12.7. The highest BCUT2D eigenvalue weighted by atomic mass is 16.5. The number of carbonyl (C=O) groups is 1. The Morgan fingerprint density at radius 2 is 2.24 bits per heavy atom. The van der Waals surface area contributed by atoms with E-state index < -0.39 is 0 Å². The summed E-state index contributed by atoms with van der Waals surface area (Å²) in [6.07, 6.45) is 1.54. The van der Waals surface area contributed by atoms with Crippen molar-refractivity contribution in [2.24, 2.45) is 5.10 Å². The van der Waals surface area contributed by atoms with Gasteiger partial charge in [-0.3, -0.25) is 4.79 Å². The summed E-state index contributed by atoms with van der Waals surface area (Å²) in [5.41, 5.74) is 3.15. The molecule has 0 fully saturated rings. The van der Waals surface area contributed by atoms with Gasteiger partial charge in [0.25, 0.3) is 0 Å². The molecular formula is C12H16N2O3. The van der Waals surface area contributed by atoms with E-state index in [0.717, 1.165) is 5.56 Å². The van der Waals surface area contributed by atoms with E-state index in [1.165, 1.54) is 6.92 Å². The summed E-state index contributed by atoms with van der Waals surface area (Å²) in [7, 11) is 1.58. The van der Waals surface area contributed by atoms with Gasteiger partial charge in [-0.05, 0) is 30.7 Å². The van der Waals surface area contributed by atoms with Crippen LogP contribution in [0.3, 0.4) is 0 Å². The average molecular weight is 236 g/mol. The van der Waals surface area contributed by atoms with Gasteiger partial charge in [0.1, 0.15) is 0 Å². The first-order chi connectivity index (χ1) is 8.17. The molecule has 1 rings (SSSR count). The summed E-state index contributed by atoms with van der Waals surface area (Å²) in [4.78, 5) is 10.6. The highest BCUT2D eigenvalue weighted by molar-refractivity contribution is 5.82. The Labute approximate surface area is 100 Å². The standard InChI is InChI=1S/C12H16N2O3/c1-4-17-11-6-5-10(7-12(11)16-3)8-13-14-9(2)15/h5-8H,4H2,1-3H3,(H,14,15). The molecule has 1 aromatic carbocycles. The fourth-order valence-electron chi connectivity index (χ4n) is 1.24. The van der Waals surface area contributed by atoms with Gasteiger partial charge in [-0.25, -0.2) is 5.43 Å². The molecule has 0 aromatic heterocycles. The number of hydrogen-bond acceptors (Lipinski definition) is 4. The maximum Gasteiger partial charge on any atom is 0.236 e. The van der Waals surface area contributed by atoms with E-state index in [9.17, 15) is 4.79 Å². The van der Waals surface area contributed by atoms with Crippen LogP contribution < -0.4 is 14.9 Å². The van der Waals surface area contributed by atoms with Crippen molar-refractivity contribution in [2.45, 2.75) is 13.8 Å². The van der Waals surface area contributed by atoms with Gasteiger partial charge in [0, 0.05) is 6.92 Å². The van der Waals surface area contributed by atoms with E-state index in [-0.39, 0.29) is 5.91 Å². The third kappa shape index (κ3) is 4.14. The zero-order valence-corrected chi connectivity index (χ0v) is 10.2. The first-order valence-electron chi connectivity index (χ1n) is 5.27. The number of amides is 1. The first kappa shape index (κ1) is 13.0. The molecule has 0 radical (unpaired) electrons. The van der Waals surface area contributed by atoms with Crippen molar-refractivity contribution in [3.05, 3.63) is 23.8 Å². The highest BCUT2D eigenvalue weighted by Gasteiger charge is 2.03. The molecule has 0 atom stereocenters. The Morgan fingerprint density at radius 3 is 2.82 bits per heavy atom. The highest BCUT2D eigenvalue weighted by Crippen LogP contribution is 2.27. The third-order valence-electron chi connectivity index (χ3n) is 1.92. The number of hydrazone groups is 1. The van der Waals surface area contributed by atoms with E-state index >= 15 is 0 Å². The number of rotatable bonds is 5. The van der Waals surface area contributed by atoms with Gasteiger partial charge in [0.05, 0.1) is 19.9 Å². The van der Waals surface area contributed by atoms with E-state index in [0.29, 0.717) is 18.1 Å². The van der Waals surface area contributed by atoms with Crippen LogP contribution in [0, 0.1) is 0 Å². The van der Waals surface area contributed by atoms with Crippen molar-refractivity contribution >= 4 is 12.1 Å². The minimum Gasteiger partial charge on any atom is -0.493 e. The second-order valence-electron chi connectivity index (χ2n) is 3.27. The van der Waals surface area contributed by atoms with Crippen molar-refractivity contribution < 1.29 is 14.3 Å². The van der Waals surface area contributed by atoms with E-state index in [1.807, 2.05) is 13.0 Å². The molecule has 1 N–H and O–H groups in total. The summed E-state index contributed by atoms with van der Waals surface area (Å²) in [6.45, 7) is 3.89. The van der Waals surface area contributed by atoms with Gasteiger partial charge in [0.15, 0.2) is 11.5 Å². The smallest absolute Gasteiger partial charge is 0.236 e. The van der Waals surface area contributed by atoms with Crippen LogP contribution in [0.25, 0.3) is 0 Å². The molecule has 92 valence electrons. The monoisotopic (exact) mass is 236 g/mol. The minimum atomic E-state index is -0.209. The number of nitrogens with one attached hydrogen (secondary N) is 1. The Bertz CT molecular complexity index is 416. The molecule has 5 nitrogen and oxygen atoms in total. The van der Waals surface area contributed by atoms with Gasteiger partial charge >= 0.3 is 0 Å². The second-order valence-corrected chi connectivity index (χ2v) is 3.27. The van der Waals surface area contributed by atoms with Gasteiger partial charge in [-0.15, -0.1) is 0 Å². The van der Waals surface area contributed by atoms with Crippen molar-refractivity contribution in [3.63, 3.8) is 0 Å². The summed E-state index contributed by atoms with van der Waals surface area (Å²) in [5.74, 6) is 1.12. The Morgan fingerprint density at radius 1 is 1.47 bits per heavy atom. The molecule has 1 amide bonds. The molecule has 0 aliphatic heterocycles. The molecule has 17 heavy (non-hydrogen) atoms. The molecule has 0 heterocycles. The molecule has 0 unspecified atom stereocenters. The van der Waals surface area contributed by atoms with Crippen LogP contribution >= 0.6 is 0 Å². The maximum absolute atomic E-state index is 10.6. The summed E-state index contributed by atoms with van der Waals surface area (Å²) in [6, 6.07) is 5.42. The molecular weight excluding hydrogens is 220 g/mol. The van der Waals surface area contributed by atoms with Gasteiger partial charge in [-0.1, -0.05) is 0 Å². The summed E-state index contributed by atoms with van der Waals surface area (Å²) < 4.78 is 10.6. The SMILES string of the molecule is CCOc1ccc(C=NNC(C)=O)cc1OC. The predicted molar refractivity (Wildman–Crippen MR) is 65.6 cm³/mol. The average Bonchev–Trinajstić information content (AvgIpc) is 2.30. The lowest BCUT2D eigenvalue weighted by Gasteiger charge is -2.09. The molecule has 0 aliphatic carbocycles. The van der Waals surface area contributed by atoms with Crippen LogP contribution in [0.1, 0.15) is 19.4 Å². The third-order valence-corrected chi connectivity index (χ3v) is 1.92. The van der Waals surface area contributed by atoms with E-state index in [2.05, 4.69) is 10.5 Å². The number of hydrogen-bond donors (Lipinski definition) is 1. The zero-order valence-electron chi connectivity index (χ0n) is 10.2. The van der Waals surface area contributed by atoms with Crippen LogP contribution in [0.15, 0.2) is 23.3 Å². The Kier molecular flexibility index (Phi) is 5.00. The number of nitrogens with zero attached hydrogens (tertiary/aromatic N) is 1. The Hall–Kier alpha value is -2.04. The van der Waals surface area contributed by atoms with Crippen molar-refractivity contribution in [2.75, 3.05) is 13.7 Å². The topological polar surface area (TPSA) is 59.9 Å². The molecule has 0 saturated carbocycles. The summed E-state index contributed by atoms with van der Waals surface area (Å²) >= 11 is 0. The normalized spacial score (nSPS) is 10.3. The minimum absolute atomic E-state index is 0.209. The van der Waals surface area contributed by atoms with Gasteiger partial charge < -0.3 is 9.47 Å². The van der Waals surface area contributed by atoms with Crippen LogP contribution in [-0.4, -0.2) is 25.8 Å². The molecule has 1 aromatic rings. The van der Waals surface area contributed by atoms with Crippen LogP contribution in [0.5, 0.6) is 11.5 Å². The number of carbonyl (C=O) groups excluding carboxylic acids is 1. The summed E-state index contributed by atoms with van der Waals surface area (Å²) in [5, 5.41) is 3.77. The van der Waals surface area contributed by atoms with Crippen molar-refractivity contribution in [1.29, 1.82) is 0 Å². The number of benzene rings is 1. The second kappa shape index (κ2) is 6.52. The molecule has 0 bridgehead atoms.